The summed E-state index contributed by atoms with van der Waals surface area (Å²) in [6.45, 7) is 0. The Bertz CT molecular complexity index is 625. The third-order valence-corrected chi connectivity index (χ3v) is 5.65. The van der Waals surface area contributed by atoms with Crippen molar-refractivity contribution in [2.75, 3.05) is 0 Å². The average molecular weight is 279 g/mol. The molecule has 0 aromatic heterocycles. The van der Waals surface area contributed by atoms with E-state index < -0.39 is 0 Å². The highest BCUT2D eigenvalue weighted by Gasteiger charge is 2.39. The van der Waals surface area contributed by atoms with E-state index in [1.807, 2.05) is 0 Å². The molecule has 2 aliphatic carbocycles. The molecule has 2 atom stereocenters. The highest BCUT2D eigenvalue weighted by atomic mass is 14.6. The summed E-state index contributed by atoms with van der Waals surface area (Å²) in [6, 6.07) is 16.2. The van der Waals surface area contributed by atoms with Crippen molar-refractivity contribution in [3.63, 3.8) is 0 Å². The lowest BCUT2D eigenvalue weighted by Crippen LogP contribution is -2.26. The molecule has 21 heavy (non-hydrogen) atoms. The maximum Gasteiger partial charge on any atom is 0.00390 e. The second kappa shape index (κ2) is 5.46. The zero-order valence-electron chi connectivity index (χ0n) is 12.7. The second-order valence-corrected chi connectivity index (χ2v) is 7.23. The van der Waals surface area contributed by atoms with Crippen LogP contribution in [0.15, 0.2) is 42.5 Å². The molecule has 2 aromatic rings. The molecule has 2 aliphatic rings. The Kier molecular flexibility index (Phi) is 3.46. The molecular weight excluding hydrogens is 254 g/mol. The number of hydrogen-bond acceptors (Lipinski definition) is 1. The molecular formula is C20H25N. The number of fused-ring (bicyclic) bond motifs is 1. The monoisotopic (exact) mass is 279 g/mol. The van der Waals surface area contributed by atoms with E-state index in [0.29, 0.717) is 6.04 Å². The summed E-state index contributed by atoms with van der Waals surface area (Å²) in [4.78, 5) is 0. The first-order chi connectivity index (χ1) is 10.3. The molecule has 0 heterocycles. The average Bonchev–Trinajstić information content (AvgIpc) is 3.28. The SMILES string of the molecule is NC1CCC(C[C@H]2C[C@@H]2c2ccc3ccccc3c2)CC1. The van der Waals surface area contributed by atoms with Crippen molar-refractivity contribution in [3.8, 4) is 0 Å². The first-order valence-electron chi connectivity index (χ1n) is 8.54. The van der Waals surface area contributed by atoms with Crippen molar-refractivity contribution < 1.29 is 0 Å². The van der Waals surface area contributed by atoms with Crippen LogP contribution in [-0.4, -0.2) is 6.04 Å². The Morgan fingerprint density at radius 3 is 2.48 bits per heavy atom. The molecule has 2 saturated carbocycles. The minimum Gasteiger partial charge on any atom is -0.328 e. The van der Waals surface area contributed by atoms with Crippen LogP contribution in [-0.2, 0) is 0 Å². The lowest BCUT2D eigenvalue weighted by molar-refractivity contribution is 0.298. The lowest BCUT2D eigenvalue weighted by Gasteiger charge is -2.26. The Morgan fingerprint density at radius 1 is 0.905 bits per heavy atom. The second-order valence-electron chi connectivity index (χ2n) is 7.23. The Hall–Kier alpha value is -1.34. The summed E-state index contributed by atoms with van der Waals surface area (Å²) in [5.41, 5.74) is 7.58. The molecule has 0 aliphatic heterocycles. The standard InChI is InChI=1S/C20H25N/c21-19-9-5-14(6-10-19)11-18-13-20(18)17-8-7-15-3-1-2-4-16(15)12-17/h1-4,7-8,12,14,18-20H,5-6,9-11,13,21H2/t14?,18-,19?,20+/m0/s1. The fourth-order valence-corrected chi connectivity index (χ4v) is 4.21. The van der Waals surface area contributed by atoms with Gasteiger partial charge in [0.15, 0.2) is 0 Å². The van der Waals surface area contributed by atoms with E-state index in [1.165, 1.54) is 49.3 Å². The molecule has 0 saturated heterocycles. The number of rotatable bonds is 3. The molecule has 1 heteroatoms. The topological polar surface area (TPSA) is 26.0 Å². The maximum absolute atomic E-state index is 6.01. The van der Waals surface area contributed by atoms with Crippen molar-refractivity contribution in [3.05, 3.63) is 48.0 Å². The van der Waals surface area contributed by atoms with E-state index in [4.69, 9.17) is 5.73 Å². The van der Waals surface area contributed by atoms with Gasteiger partial charge in [-0.1, -0.05) is 42.5 Å². The normalized spacial score (nSPS) is 32.2. The van der Waals surface area contributed by atoms with Crippen LogP contribution in [0, 0.1) is 11.8 Å². The van der Waals surface area contributed by atoms with Gasteiger partial charge in [0.1, 0.15) is 0 Å². The van der Waals surface area contributed by atoms with Gasteiger partial charge in [-0.05, 0) is 72.6 Å². The summed E-state index contributed by atoms with van der Waals surface area (Å²) in [6.07, 6.45) is 8.06. The van der Waals surface area contributed by atoms with Crippen molar-refractivity contribution >= 4 is 10.8 Å². The summed E-state index contributed by atoms with van der Waals surface area (Å²) in [7, 11) is 0. The van der Waals surface area contributed by atoms with Crippen LogP contribution in [0.2, 0.25) is 0 Å². The van der Waals surface area contributed by atoms with Crippen molar-refractivity contribution in [1.82, 2.24) is 0 Å². The molecule has 110 valence electrons. The zero-order valence-corrected chi connectivity index (χ0v) is 12.7. The van der Waals surface area contributed by atoms with E-state index in [1.54, 1.807) is 5.56 Å². The fraction of sp³-hybridized carbons (Fsp3) is 0.500. The predicted octanol–water partition coefficient (Wildman–Crippen LogP) is 4.85. The van der Waals surface area contributed by atoms with Gasteiger partial charge >= 0.3 is 0 Å². The summed E-state index contributed by atoms with van der Waals surface area (Å²) >= 11 is 0. The van der Waals surface area contributed by atoms with Gasteiger partial charge < -0.3 is 5.73 Å². The third-order valence-electron chi connectivity index (χ3n) is 5.65. The maximum atomic E-state index is 6.01. The zero-order chi connectivity index (χ0) is 14.2. The Morgan fingerprint density at radius 2 is 1.67 bits per heavy atom. The van der Waals surface area contributed by atoms with Crippen molar-refractivity contribution in [1.29, 1.82) is 0 Å². The molecule has 1 nitrogen and oxygen atoms in total. The van der Waals surface area contributed by atoms with Gasteiger partial charge in [0, 0.05) is 6.04 Å². The summed E-state index contributed by atoms with van der Waals surface area (Å²) < 4.78 is 0. The molecule has 2 fully saturated rings. The molecule has 0 radical (unpaired) electrons. The minimum atomic E-state index is 0.483. The van der Waals surface area contributed by atoms with Crippen LogP contribution >= 0.6 is 0 Å². The smallest absolute Gasteiger partial charge is 0.00390 e. The van der Waals surface area contributed by atoms with Crippen LogP contribution in [0.3, 0.4) is 0 Å². The van der Waals surface area contributed by atoms with E-state index in [-0.39, 0.29) is 0 Å². The van der Waals surface area contributed by atoms with Gasteiger partial charge in [-0.25, -0.2) is 0 Å². The van der Waals surface area contributed by atoms with E-state index in [2.05, 4.69) is 42.5 Å². The van der Waals surface area contributed by atoms with Crippen LogP contribution in [0.4, 0.5) is 0 Å². The molecule has 0 bridgehead atoms. The first kappa shape index (κ1) is 13.3. The molecule has 0 unspecified atom stereocenters. The van der Waals surface area contributed by atoms with Gasteiger partial charge in [-0.2, -0.15) is 0 Å². The van der Waals surface area contributed by atoms with E-state index >= 15 is 0 Å². The minimum absolute atomic E-state index is 0.483. The van der Waals surface area contributed by atoms with E-state index in [9.17, 15) is 0 Å². The van der Waals surface area contributed by atoms with Gasteiger partial charge in [-0.3, -0.25) is 0 Å². The van der Waals surface area contributed by atoms with Crippen molar-refractivity contribution in [2.24, 2.45) is 17.6 Å². The summed E-state index contributed by atoms with van der Waals surface area (Å²) in [5, 5.41) is 2.75. The quantitative estimate of drug-likeness (QED) is 0.854. The Balaban J connectivity index is 1.41. The first-order valence-corrected chi connectivity index (χ1v) is 8.54. The van der Waals surface area contributed by atoms with Gasteiger partial charge in [0.2, 0.25) is 0 Å². The van der Waals surface area contributed by atoms with Crippen LogP contribution < -0.4 is 5.73 Å². The Labute approximate surface area is 127 Å². The van der Waals surface area contributed by atoms with Gasteiger partial charge in [0.05, 0.1) is 0 Å². The van der Waals surface area contributed by atoms with Gasteiger partial charge in [0.25, 0.3) is 0 Å². The number of nitrogens with two attached hydrogens (primary N) is 1. The summed E-state index contributed by atoms with van der Waals surface area (Å²) in [5.74, 6) is 2.70. The highest BCUT2D eigenvalue weighted by Crippen LogP contribution is 2.52. The third kappa shape index (κ3) is 2.85. The number of benzene rings is 2. The predicted molar refractivity (Wildman–Crippen MR) is 89.3 cm³/mol. The highest BCUT2D eigenvalue weighted by molar-refractivity contribution is 5.83. The molecule has 4 rings (SSSR count). The molecule has 0 amide bonds. The largest absolute Gasteiger partial charge is 0.328 e. The fourth-order valence-electron chi connectivity index (χ4n) is 4.21. The van der Waals surface area contributed by atoms with E-state index in [0.717, 1.165) is 17.8 Å². The van der Waals surface area contributed by atoms with Crippen LogP contribution in [0.1, 0.15) is 50.0 Å². The van der Waals surface area contributed by atoms with Crippen molar-refractivity contribution in [2.45, 2.75) is 50.5 Å². The van der Waals surface area contributed by atoms with Gasteiger partial charge in [-0.15, -0.1) is 0 Å². The number of hydrogen-bond donors (Lipinski definition) is 1. The lowest BCUT2D eigenvalue weighted by atomic mass is 9.83. The van der Waals surface area contributed by atoms with Crippen LogP contribution in [0.25, 0.3) is 10.8 Å². The molecule has 2 aromatic carbocycles. The molecule has 2 N–H and O–H groups in total. The van der Waals surface area contributed by atoms with Crippen LogP contribution in [0.5, 0.6) is 0 Å². The molecule has 0 spiro atoms.